The largest absolute Gasteiger partial charge is 0.356 e. The van der Waals surface area contributed by atoms with Crippen molar-refractivity contribution in [1.82, 2.24) is 15.2 Å². The van der Waals surface area contributed by atoms with Crippen molar-refractivity contribution in [2.45, 2.75) is 44.6 Å². The van der Waals surface area contributed by atoms with Gasteiger partial charge in [-0.3, -0.25) is 4.79 Å². The van der Waals surface area contributed by atoms with Gasteiger partial charge in [-0.25, -0.2) is 0 Å². The van der Waals surface area contributed by atoms with Crippen LogP contribution in [0.2, 0.25) is 0 Å². The first-order chi connectivity index (χ1) is 12.1. The molecule has 4 rings (SSSR count). The van der Waals surface area contributed by atoms with Crippen LogP contribution in [0.3, 0.4) is 0 Å². The van der Waals surface area contributed by atoms with Gasteiger partial charge in [-0.1, -0.05) is 25.5 Å². The summed E-state index contributed by atoms with van der Waals surface area (Å²) in [5.41, 5.74) is 4.00. The molecule has 0 spiro atoms. The molecule has 25 heavy (non-hydrogen) atoms. The minimum atomic E-state index is 0.0855. The molecule has 0 radical (unpaired) electrons. The third kappa shape index (κ3) is 2.91. The number of nitrogens with one attached hydrogen (secondary N) is 2. The molecule has 2 N–H and O–H groups in total. The van der Waals surface area contributed by atoms with Gasteiger partial charge in [-0.05, 0) is 59.4 Å². The highest BCUT2D eigenvalue weighted by Gasteiger charge is 2.41. The summed E-state index contributed by atoms with van der Waals surface area (Å²) in [7, 11) is 2.18. The fraction of sp³-hybridized carbons (Fsp3) is 0.550. The molecule has 5 heteroatoms. The molecule has 0 bridgehead atoms. The van der Waals surface area contributed by atoms with Crippen LogP contribution < -0.4 is 5.32 Å². The van der Waals surface area contributed by atoms with Gasteiger partial charge in [0, 0.05) is 36.0 Å². The van der Waals surface area contributed by atoms with E-state index in [1.807, 2.05) is 0 Å². The van der Waals surface area contributed by atoms with E-state index in [1.165, 1.54) is 22.0 Å². The lowest BCUT2D eigenvalue weighted by atomic mass is 9.72. The normalized spacial score (nSPS) is 25.8. The standard InChI is InChI=1S/C20H26BrN3O/c1-3-4-8-22-20(25)12-9-14-13-6-5-7-16-18(13)15(19(21)23-16)10-17(14)24(2)11-12/h5-7,12,14,17,23H,3-4,8-11H2,1-2H3,(H,22,25)/t12-,14-,17+/m1/s1. The minimum absolute atomic E-state index is 0.0855. The zero-order valence-electron chi connectivity index (χ0n) is 14.9. The molecule has 1 aliphatic carbocycles. The molecule has 3 atom stereocenters. The number of carbonyl (C=O) groups is 1. The maximum atomic E-state index is 12.6. The van der Waals surface area contributed by atoms with E-state index in [0.717, 1.165) is 43.4 Å². The zero-order valence-corrected chi connectivity index (χ0v) is 16.5. The predicted molar refractivity (Wildman–Crippen MR) is 105 cm³/mol. The van der Waals surface area contributed by atoms with E-state index in [2.05, 4.69) is 63.3 Å². The number of piperidine rings is 1. The molecule has 1 aromatic heterocycles. The highest BCUT2D eigenvalue weighted by atomic mass is 79.9. The molecule has 0 saturated carbocycles. The Labute approximate surface area is 157 Å². The third-order valence-electron chi connectivity index (χ3n) is 6.00. The molecule has 0 unspecified atom stereocenters. The van der Waals surface area contributed by atoms with E-state index in [0.29, 0.717) is 12.0 Å². The van der Waals surface area contributed by atoms with Crippen molar-refractivity contribution in [2.24, 2.45) is 5.92 Å². The van der Waals surface area contributed by atoms with Crippen molar-refractivity contribution in [2.75, 3.05) is 20.1 Å². The molecule has 1 aliphatic heterocycles. The van der Waals surface area contributed by atoms with E-state index in [-0.39, 0.29) is 11.8 Å². The molecule has 2 heterocycles. The van der Waals surface area contributed by atoms with Gasteiger partial charge in [0.05, 0.1) is 10.5 Å². The highest BCUT2D eigenvalue weighted by Crippen LogP contribution is 2.46. The molecule has 4 nitrogen and oxygen atoms in total. The molecule has 1 fully saturated rings. The lowest BCUT2D eigenvalue weighted by Gasteiger charge is -2.45. The Morgan fingerprint density at radius 3 is 3.08 bits per heavy atom. The molecular formula is C20H26BrN3O. The Hall–Kier alpha value is -1.33. The number of carbonyl (C=O) groups excluding carboxylic acids is 1. The van der Waals surface area contributed by atoms with Gasteiger partial charge >= 0.3 is 0 Å². The van der Waals surface area contributed by atoms with Crippen molar-refractivity contribution >= 4 is 32.7 Å². The second-order valence-corrected chi connectivity index (χ2v) is 8.38. The number of aromatic amines is 1. The lowest BCUT2D eigenvalue weighted by Crippen LogP contribution is -2.51. The number of aromatic nitrogens is 1. The second kappa shape index (κ2) is 6.76. The van der Waals surface area contributed by atoms with E-state index in [4.69, 9.17) is 0 Å². The summed E-state index contributed by atoms with van der Waals surface area (Å²) in [5, 5.41) is 4.51. The average Bonchev–Trinajstić information content (AvgIpc) is 2.93. The summed E-state index contributed by atoms with van der Waals surface area (Å²) >= 11 is 3.71. The summed E-state index contributed by atoms with van der Waals surface area (Å²) in [6.45, 7) is 3.81. The Morgan fingerprint density at radius 2 is 2.28 bits per heavy atom. The first-order valence-electron chi connectivity index (χ1n) is 9.37. The highest BCUT2D eigenvalue weighted by molar-refractivity contribution is 9.10. The first kappa shape index (κ1) is 17.1. The number of rotatable bonds is 4. The number of fused-ring (bicyclic) bond motifs is 2. The maximum Gasteiger partial charge on any atom is 0.224 e. The Bertz CT molecular complexity index is 800. The van der Waals surface area contributed by atoms with Crippen LogP contribution in [0.4, 0.5) is 0 Å². The summed E-state index contributed by atoms with van der Waals surface area (Å²) in [4.78, 5) is 18.5. The minimum Gasteiger partial charge on any atom is -0.356 e. The number of hydrogen-bond donors (Lipinski definition) is 2. The molecular weight excluding hydrogens is 378 g/mol. The van der Waals surface area contributed by atoms with Crippen molar-refractivity contribution in [3.8, 4) is 0 Å². The van der Waals surface area contributed by atoms with E-state index in [9.17, 15) is 4.79 Å². The number of benzene rings is 1. The van der Waals surface area contributed by atoms with Crippen LogP contribution in [-0.4, -0.2) is 42.0 Å². The Morgan fingerprint density at radius 1 is 1.44 bits per heavy atom. The van der Waals surface area contributed by atoms with Gasteiger partial charge in [0.15, 0.2) is 0 Å². The third-order valence-corrected chi connectivity index (χ3v) is 6.68. The lowest BCUT2D eigenvalue weighted by molar-refractivity contribution is -0.127. The molecule has 2 aromatic rings. The van der Waals surface area contributed by atoms with Crippen molar-refractivity contribution < 1.29 is 4.79 Å². The summed E-state index contributed by atoms with van der Waals surface area (Å²) in [5.74, 6) is 0.744. The van der Waals surface area contributed by atoms with Crippen LogP contribution in [0.15, 0.2) is 22.8 Å². The molecule has 2 aliphatic rings. The van der Waals surface area contributed by atoms with Crippen LogP contribution in [0.1, 0.15) is 43.2 Å². The van der Waals surface area contributed by atoms with Gasteiger partial charge in [0.2, 0.25) is 5.91 Å². The number of H-pyrrole nitrogens is 1. The summed E-state index contributed by atoms with van der Waals surface area (Å²) in [6.07, 6.45) is 4.17. The van der Waals surface area contributed by atoms with Gasteiger partial charge in [-0.2, -0.15) is 0 Å². The van der Waals surface area contributed by atoms with Crippen molar-refractivity contribution in [3.05, 3.63) is 33.9 Å². The number of unbranched alkanes of at least 4 members (excludes halogenated alkanes) is 1. The number of halogens is 1. The van der Waals surface area contributed by atoms with Crippen LogP contribution >= 0.6 is 15.9 Å². The molecule has 1 aromatic carbocycles. The Kier molecular flexibility index (Phi) is 4.63. The SMILES string of the molecule is CCCCNC(=O)[C@@H]1C[C@@H]2c3cccc4[nH]c(Br)c(c34)C[C@@H]2N(C)C1. The number of hydrogen-bond acceptors (Lipinski definition) is 2. The topological polar surface area (TPSA) is 48.1 Å². The monoisotopic (exact) mass is 403 g/mol. The molecule has 134 valence electrons. The van der Waals surface area contributed by atoms with E-state index >= 15 is 0 Å². The average molecular weight is 404 g/mol. The van der Waals surface area contributed by atoms with Crippen LogP contribution in [-0.2, 0) is 11.2 Å². The molecule has 1 saturated heterocycles. The number of likely N-dealkylation sites (N-methyl/N-ethyl adjacent to an activating group) is 1. The zero-order chi connectivity index (χ0) is 17.6. The van der Waals surface area contributed by atoms with E-state index < -0.39 is 0 Å². The quantitative estimate of drug-likeness (QED) is 0.762. The van der Waals surface area contributed by atoms with Crippen LogP contribution in [0.5, 0.6) is 0 Å². The van der Waals surface area contributed by atoms with Crippen LogP contribution in [0, 0.1) is 5.92 Å². The number of likely N-dealkylation sites (tertiary alicyclic amines) is 1. The maximum absolute atomic E-state index is 12.6. The van der Waals surface area contributed by atoms with Crippen molar-refractivity contribution in [3.63, 3.8) is 0 Å². The van der Waals surface area contributed by atoms with Gasteiger partial charge in [0.25, 0.3) is 0 Å². The number of nitrogens with zero attached hydrogens (tertiary/aromatic N) is 1. The van der Waals surface area contributed by atoms with E-state index in [1.54, 1.807) is 0 Å². The second-order valence-electron chi connectivity index (χ2n) is 7.58. The van der Waals surface area contributed by atoms with Gasteiger partial charge in [-0.15, -0.1) is 0 Å². The Balaban J connectivity index is 1.63. The first-order valence-corrected chi connectivity index (χ1v) is 10.2. The summed E-state index contributed by atoms with van der Waals surface area (Å²) in [6, 6.07) is 7.02. The van der Waals surface area contributed by atoms with Crippen molar-refractivity contribution in [1.29, 1.82) is 0 Å². The predicted octanol–water partition coefficient (Wildman–Crippen LogP) is 3.81. The fourth-order valence-corrected chi connectivity index (χ4v) is 5.28. The number of amides is 1. The van der Waals surface area contributed by atoms with Gasteiger partial charge < -0.3 is 15.2 Å². The molecule has 1 amide bonds. The van der Waals surface area contributed by atoms with Gasteiger partial charge in [0.1, 0.15) is 0 Å². The summed E-state index contributed by atoms with van der Waals surface area (Å²) < 4.78 is 1.11. The fourth-order valence-electron chi connectivity index (χ4n) is 4.71. The van der Waals surface area contributed by atoms with Crippen LogP contribution in [0.25, 0.3) is 10.9 Å². The smallest absolute Gasteiger partial charge is 0.224 e.